The van der Waals surface area contributed by atoms with E-state index in [2.05, 4.69) is 0 Å². The summed E-state index contributed by atoms with van der Waals surface area (Å²) in [4.78, 5) is 25.0. The van der Waals surface area contributed by atoms with Crippen LogP contribution in [0, 0.1) is 0 Å². The molecule has 2 fully saturated rings. The van der Waals surface area contributed by atoms with Crippen LogP contribution in [-0.4, -0.2) is 48.4 Å². The summed E-state index contributed by atoms with van der Waals surface area (Å²) in [5.41, 5.74) is 0.994. The lowest BCUT2D eigenvalue weighted by Crippen LogP contribution is -2.42. The monoisotopic (exact) mass is 375 g/mol. The van der Waals surface area contributed by atoms with Gasteiger partial charge in [-0.25, -0.2) is 4.79 Å². The first-order valence-electron chi connectivity index (χ1n) is 9.88. The van der Waals surface area contributed by atoms with Crippen molar-refractivity contribution in [1.82, 2.24) is 4.90 Å². The highest BCUT2D eigenvalue weighted by molar-refractivity contribution is 5.67. The topological polar surface area (TPSA) is 65.1 Å². The van der Waals surface area contributed by atoms with Gasteiger partial charge in [0.05, 0.1) is 12.2 Å². The van der Waals surface area contributed by atoms with Gasteiger partial charge in [-0.1, -0.05) is 30.3 Å². The summed E-state index contributed by atoms with van der Waals surface area (Å²) < 4.78 is 16.9. The Morgan fingerprint density at radius 1 is 0.926 bits per heavy atom. The van der Waals surface area contributed by atoms with Gasteiger partial charge in [0.1, 0.15) is 12.7 Å². The molecule has 0 N–H and O–H groups in total. The Morgan fingerprint density at radius 3 is 2.15 bits per heavy atom. The maximum absolute atomic E-state index is 12.2. The molecule has 148 valence electrons. The Labute approximate surface area is 160 Å². The van der Waals surface area contributed by atoms with E-state index in [4.69, 9.17) is 14.2 Å². The molecule has 27 heavy (non-hydrogen) atoms. The maximum Gasteiger partial charge on any atom is 0.410 e. The van der Waals surface area contributed by atoms with E-state index >= 15 is 0 Å². The van der Waals surface area contributed by atoms with Crippen LogP contribution in [0.15, 0.2) is 30.3 Å². The number of ether oxygens (including phenoxy) is 3. The van der Waals surface area contributed by atoms with Crippen LogP contribution in [0.4, 0.5) is 4.79 Å². The van der Waals surface area contributed by atoms with Crippen LogP contribution >= 0.6 is 0 Å². The van der Waals surface area contributed by atoms with E-state index in [-0.39, 0.29) is 30.4 Å². The van der Waals surface area contributed by atoms with E-state index in [9.17, 15) is 9.59 Å². The van der Waals surface area contributed by atoms with Crippen LogP contribution < -0.4 is 0 Å². The molecule has 1 aliphatic carbocycles. The number of rotatable bonds is 5. The molecule has 1 saturated carbocycles. The highest BCUT2D eigenvalue weighted by atomic mass is 16.6. The summed E-state index contributed by atoms with van der Waals surface area (Å²) in [5.74, 6) is -0.203. The van der Waals surface area contributed by atoms with Crippen molar-refractivity contribution in [3.05, 3.63) is 35.9 Å². The average molecular weight is 375 g/mol. The molecule has 0 radical (unpaired) electrons. The molecule has 6 heteroatoms. The number of likely N-dealkylation sites (tertiary alicyclic amines) is 1. The van der Waals surface area contributed by atoms with Crippen molar-refractivity contribution >= 4 is 12.1 Å². The van der Waals surface area contributed by atoms with Crippen molar-refractivity contribution in [3.63, 3.8) is 0 Å². The fourth-order valence-corrected chi connectivity index (χ4v) is 3.78. The lowest BCUT2D eigenvalue weighted by molar-refractivity contribution is -0.150. The third-order valence-corrected chi connectivity index (χ3v) is 5.24. The van der Waals surface area contributed by atoms with Crippen molar-refractivity contribution in [2.24, 2.45) is 0 Å². The number of carbonyl (C=O) groups excluding carboxylic acids is 2. The van der Waals surface area contributed by atoms with Gasteiger partial charge in [-0.15, -0.1) is 0 Å². The Hall–Kier alpha value is -2.08. The maximum atomic E-state index is 12.2. The van der Waals surface area contributed by atoms with Crippen LogP contribution in [0.5, 0.6) is 0 Å². The Kier molecular flexibility index (Phi) is 7.10. The van der Waals surface area contributed by atoms with E-state index in [0.29, 0.717) is 19.7 Å². The number of piperidine rings is 1. The van der Waals surface area contributed by atoms with E-state index in [1.165, 1.54) is 6.92 Å². The predicted octanol–water partition coefficient (Wildman–Crippen LogP) is 3.68. The van der Waals surface area contributed by atoms with Crippen molar-refractivity contribution < 1.29 is 23.8 Å². The first kappa shape index (κ1) is 19.7. The normalized spacial score (nSPS) is 23.7. The standard InChI is InChI=1S/C21H29NO5/c1-16(23)26-18-7-9-19(10-8-18)27-20-11-13-22(14-12-20)21(24)25-15-17-5-3-2-4-6-17/h2-6,18-20H,7-15H2,1H3/t18-,19-. The van der Waals surface area contributed by atoms with E-state index in [1.807, 2.05) is 30.3 Å². The van der Waals surface area contributed by atoms with Crippen molar-refractivity contribution in [2.75, 3.05) is 13.1 Å². The Morgan fingerprint density at radius 2 is 1.52 bits per heavy atom. The first-order chi connectivity index (χ1) is 13.1. The zero-order valence-electron chi connectivity index (χ0n) is 16.0. The lowest BCUT2D eigenvalue weighted by Gasteiger charge is -2.35. The van der Waals surface area contributed by atoms with Gasteiger partial charge in [-0.2, -0.15) is 0 Å². The summed E-state index contributed by atoms with van der Waals surface area (Å²) in [7, 11) is 0. The second kappa shape index (κ2) is 9.74. The van der Waals surface area contributed by atoms with Crippen molar-refractivity contribution in [2.45, 2.75) is 70.4 Å². The quantitative estimate of drug-likeness (QED) is 0.735. The molecular formula is C21H29NO5. The van der Waals surface area contributed by atoms with Crippen LogP contribution in [0.2, 0.25) is 0 Å². The van der Waals surface area contributed by atoms with Gasteiger partial charge < -0.3 is 19.1 Å². The summed E-state index contributed by atoms with van der Waals surface area (Å²) >= 11 is 0. The summed E-state index contributed by atoms with van der Waals surface area (Å²) in [6.07, 6.45) is 5.49. The minimum Gasteiger partial charge on any atom is -0.463 e. The fourth-order valence-electron chi connectivity index (χ4n) is 3.78. The van der Waals surface area contributed by atoms with Crippen LogP contribution in [0.25, 0.3) is 0 Å². The second-order valence-electron chi connectivity index (χ2n) is 7.37. The van der Waals surface area contributed by atoms with Gasteiger partial charge in [-0.05, 0) is 44.1 Å². The molecule has 1 heterocycles. The van der Waals surface area contributed by atoms with Gasteiger partial charge in [-0.3, -0.25) is 4.79 Å². The summed E-state index contributed by atoms with van der Waals surface area (Å²) in [5, 5.41) is 0. The summed E-state index contributed by atoms with van der Waals surface area (Å²) in [6, 6.07) is 9.71. The SMILES string of the molecule is CC(=O)O[C@H]1CC[C@H](OC2CCN(C(=O)OCc3ccccc3)CC2)CC1. The van der Waals surface area contributed by atoms with E-state index < -0.39 is 0 Å². The van der Waals surface area contributed by atoms with Gasteiger partial charge in [0.2, 0.25) is 0 Å². The lowest BCUT2D eigenvalue weighted by atomic mass is 9.94. The van der Waals surface area contributed by atoms with Gasteiger partial charge >= 0.3 is 12.1 Å². The third kappa shape index (κ3) is 6.24. The summed E-state index contributed by atoms with van der Waals surface area (Å²) in [6.45, 7) is 3.10. The van der Waals surface area contributed by atoms with Crippen molar-refractivity contribution in [3.8, 4) is 0 Å². The van der Waals surface area contributed by atoms with Gasteiger partial charge in [0, 0.05) is 20.0 Å². The molecule has 1 saturated heterocycles. The largest absolute Gasteiger partial charge is 0.463 e. The molecule has 2 aliphatic rings. The molecule has 0 aromatic heterocycles. The highest BCUT2D eigenvalue weighted by Gasteiger charge is 2.29. The van der Waals surface area contributed by atoms with E-state index in [1.54, 1.807) is 4.90 Å². The zero-order valence-corrected chi connectivity index (χ0v) is 16.0. The molecule has 0 bridgehead atoms. The fraction of sp³-hybridized carbons (Fsp3) is 0.619. The first-order valence-corrected chi connectivity index (χ1v) is 9.88. The molecule has 0 spiro atoms. The molecule has 1 aliphatic heterocycles. The van der Waals surface area contributed by atoms with Gasteiger partial charge in [0.15, 0.2) is 0 Å². The number of amides is 1. The number of nitrogens with zero attached hydrogens (tertiary/aromatic N) is 1. The number of esters is 1. The average Bonchev–Trinajstić information content (AvgIpc) is 2.69. The predicted molar refractivity (Wildman–Crippen MR) is 100 cm³/mol. The molecule has 1 aromatic carbocycles. The molecular weight excluding hydrogens is 346 g/mol. The number of benzene rings is 1. The number of hydrogen-bond donors (Lipinski definition) is 0. The molecule has 1 amide bonds. The van der Waals surface area contributed by atoms with Crippen molar-refractivity contribution in [1.29, 1.82) is 0 Å². The number of hydrogen-bond acceptors (Lipinski definition) is 5. The third-order valence-electron chi connectivity index (χ3n) is 5.24. The molecule has 1 aromatic rings. The minimum absolute atomic E-state index is 0.0450. The highest BCUT2D eigenvalue weighted by Crippen LogP contribution is 2.27. The smallest absolute Gasteiger partial charge is 0.410 e. The van der Waals surface area contributed by atoms with Crippen LogP contribution in [0.1, 0.15) is 51.0 Å². The molecule has 6 nitrogen and oxygen atoms in total. The van der Waals surface area contributed by atoms with E-state index in [0.717, 1.165) is 44.1 Å². The molecule has 0 unspecified atom stereocenters. The van der Waals surface area contributed by atoms with Gasteiger partial charge in [0.25, 0.3) is 0 Å². The Bertz CT molecular complexity index is 604. The number of carbonyl (C=O) groups is 2. The zero-order chi connectivity index (χ0) is 19.1. The Balaban J connectivity index is 1.33. The van der Waals surface area contributed by atoms with Crippen LogP contribution in [0.3, 0.4) is 0 Å². The minimum atomic E-state index is -0.251. The second-order valence-corrected chi connectivity index (χ2v) is 7.37. The van der Waals surface area contributed by atoms with Crippen LogP contribution in [-0.2, 0) is 25.6 Å². The molecule has 3 rings (SSSR count). The molecule has 0 atom stereocenters.